The molecule has 2 aliphatic rings. The zero-order chi connectivity index (χ0) is 14.0. The maximum Gasteiger partial charge on any atom is 0.137 e. The van der Waals surface area contributed by atoms with Gasteiger partial charge in [0.1, 0.15) is 17.9 Å². The first-order valence-electron chi connectivity index (χ1n) is 6.89. The molecular formula is C15H18N2O3. The van der Waals surface area contributed by atoms with Crippen LogP contribution >= 0.6 is 0 Å². The predicted molar refractivity (Wildman–Crippen MR) is 73.3 cm³/mol. The summed E-state index contributed by atoms with van der Waals surface area (Å²) in [6.45, 7) is 2.06. The fourth-order valence-corrected chi connectivity index (χ4v) is 2.86. The highest BCUT2D eigenvalue weighted by Gasteiger charge is 2.41. The molecule has 0 aromatic heterocycles. The van der Waals surface area contributed by atoms with Crippen LogP contribution in [-0.2, 0) is 9.47 Å². The smallest absolute Gasteiger partial charge is 0.137 e. The minimum absolute atomic E-state index is 0.0566. The third-order valence-electron chi connectivity index (χ3n) is 3.93. The average molecular weight is 274 g/mol. The third kappa shape index (κ3) is 2.58. The lowest BCUT2D eigenvalue weighted by molar-refractivity contribution is -0.112. The predicted octanol–water partition coefficient (Wildman–Crippen LogP) is 1.86. The summed E-state index contributed by atoms with van der Waals surface area (Å²) >= 11 is 0. The van der Waals surface area contributed by atoms with Crippen molar-refractivity contribution in [3.8, 4) is 11.8 Å². The van der Waals surface area contributed by atoms with Crippen molar-refractivity contribution in [2.75, 3.05) is 25.6 Å². The Kier molecular flexibility index (Phi) is 3.51. The third-order valence-corrected chi connectivity index (χ3v) is 3.93. The molecule has 5 heteroatoms. The summed E-state index contributed by atoms with van der Waals surface area (Å²) in [4.78, 5) is 0. The summed E-state index contributed by atoms with van der Waals surface area (Å²) in [5.41, 5.74) is 6.55. The maximum atomic E-state index is 9.15. The molecule has 2 unspecified atom stereocenters. The lowest BCUT2D eigenvalue weighted by Crippen LogP contribution is -2.44. The van der Waals surface area contributed by atoms with Gasteiger partial charge >= 0.3 is 0 Å². The molecule has 0 saturated carbocycles. The Bertz CT molecular complexity index is 532. The Balaban J connectivity index is 1.73. The molecule has 0 radical (unpaired) electrons. The fraction of sp³-hybridized carbons (Fsp3) is 0.533. The number of nitrogens with zero attached hydrogens (tertiary/aromatic N) is 1. The highest BCUT2D eigenvalue weighted by molar-refractivity contribution is 5.53. The number of ether oxygens (including phenoxy) is 3. The molecule has 2 heterocycles. The zero-order valence-electron chi connectivity index (χ0n) is 11.3. The second kappa shape index (κ2) is 5.31. The van der Waals surface area contributed by atoms with Crippen LogP contribution in [0.5, 0.6) is 5.75 Å². The van der Waals surface area contributed by atoms with E-state index < -0.39 is 0 Å². The van der Waals surface area contributed by atoms with E-state index in [1.54, 1.807) is 18.2 Å². The molecule has 1 aromatic carbocycles. The molecule has 2 N–H and O–H groups in total. The Labute approximate surface area is 118 Å². The molecule has 1 aromatic rings. The van der Waals surface area contributed by atoms with Crippen LogP contribution < -0.4 is 10.5 Å². The first-order chi connectivity index (χ1) is 9.71. The molecule has 0 aliphatic carbocycles. The minimum atomic E-state index is -0.191. The van der Waals surface area contributed by atoms with Crippen molar-refractivity contribution >= 4 is 5.69 Å². The van der Waals surface area contributed by atoms with Crippen molar-refractivity contribution in [1.29, 1.82) is 5.26 Å². The number of anilines is 1. The van der Waals surface area contributed by atoms with Gasteiger partial charge in [-0.15, -0.1) is 0 Å². The molecule has 2 fully saturated rings. The van der Waals surface area contributed by atoms with Gasteiger partial charge in [0.05, 0.1) is 24.4 Å². The van der Waals surface area contributed by atoms with Crippen molar-refractivity contribution < 1.29 is 14.2 Å². The second-order valence-corrected chi connectivity index (χ2v) is 5.43. The van der Waals surface area contributed by atoms with Crippen molar-refractivity contribution in [2.45, 2.75) is 31.0 Å². The van der Waals surface area contributed by atoms with Gasteiger partial charge in [0.2, 0.25) is 0 Å². The minimum Gasteiger partial charge on any atom is -0.489 e. The standard InChI is InChI=1S/C15H18N2O3/c16-9-11-7-12(17)1-2-14(11)20-13-3-5-19-15(8-13)4-6-18-10-15/h1-2,7,13H,3-6,8,10,17H2. The van der Waals surface area contributed by atoms with Crippen LogP contribution in [0.2, 0.25) is 0 Å². The quantitative estimate of drug-likeness (QED) is 0.833. The normalized spacial score (nSPS) is 29.2. The number of benzene rings is 1. The first-order valence-corrected chi connectivity index (χ1v) is 6.89. The van der Waals surface area contributed by atoms with E-state index in [1.807, 2.05) is 0 Å². The summed E-state index contributed by atoms with van der Waals surface area (Å²) in [6.07, 6.45) is 2.61. The van der Waals surface area contributed by atoms with E-state index in [9.17, 15) is 0 Å². The van der Waals surface area contributed by atoms with Crippen LogP contribution in [0.3, 0.4) is 0 Å². The molecule has 0 amide bonds. The number of hydrogen-bond acceptors (Lipinski definition) is 5. The molecule has 1 spiro atoms. The molecule has 3 rings (SSSR count). The van der Waals surface area contributed by atoms with Gasteiger partial charge in [0, 0.05) is 31.6 Å². The van der Waals surface area contributed by atoms with Gasteiger partial charge in [-0.3, -0.25) is 0 Å². The number of nitrogens with two attached hydrogens (primary N) is 1. The van der Waals surface area contributed by atoms with Crippen LogP contribution in [0.4, 0.5) is 5.69 Å². The SMILES string of the molecule is N#Cc1cc(N)ccc1OC1CCOC2(CCOC2)C1. The second-order valence-electron chi connectivity index (χ2n) is 5.43. The molecular weight excluding hydrogens is 256 g/mol. The van der Waals surface area contributed by atoms with Gasteiger partial charge in [0.15, 0.2) is 0 Å². The molecule has 0 bridgehead atoms. The molecule has 20 heavy (non-hydrogen) atoms. The van der Waals surface area contributed by atoms with Crippen molar-refractivity contribution in [3.05, 3.63) is 23.8 Å². The number of nitriles is 1. The Morgan fingerprint density at radius 3 is 3.05 bits per heavy atom. The van der Waals surface area contributed by atoms with Crippen LogP contribution in [0.25, 0.3) is 0 Å². The van der Waals surface area contributed by atoms with Crippen LogP contribution in [0.1, 0.15) is 24.8 Å². The monoisotopic (exact) mass is 274 g/mol. The summed E-state index contributed by atoms with van der Waals surface area (Å²) < 4.78 is 17.3. The number of rotatable bonds is 2. The van der Waals surface area contributed by atoms with E-state index in [0.29, 0.717) is 30.2 Å². The Hall–Kier alpha value is -1.77. The summed E-state index contributed by atoms with van der Waals surface area (Å²) in [5.74, 6) is 0.600. The summed E-state index contributed by atoms with van der Waals surface area (Å²) in [7, 11) is 0. The van der Waals surface area contributed by atoms with Gasteiger partial charge in [-0.25, -0.2) is 0 Å². The topological polar surface area (TPSA) is 77.5 Å². The van der Waals surface area contributed by atoms with Gasteiger partial charge in [-0.1, -0.05) is 0 Å². The Morgan fingerprint density at radius 2 is 2.30 bits per heavy atom. The highest BCUT2D eigenvalue weighted by Crippen LogP contribution is 2.35. The number of nitrogen functional groups attached to an aromatic ring is 1. The summed E-state index contributed by atoms with van der Waals surface area (Å²) in [6, 6.07) is 7.29. The van der Waals surface area contributed by atoms with Gasteiger partial charge in [-0.05, 0) is 18.2 Å². The molecule has 2 saturated heterocycles. The van der Waals surface area contributed by atoms with Gasteiger partial charge in [-0.2, -0.15) is 5.26 Å². The van der Waals surface area contributed by atoms with E-state index in [1.165, 1.54) is 0 Å². The van der Waals surface area contributed by atoms with Crippen LogP contribution in [-0.4, -0.2) is 31.5 Å². The average Bonchev–Trinajstić information content (AvgIpc) is 2.89. The first kappa shape index (κ1) is 13.2. The fourth-order valence-electron chi connectivity index (χ4n) is 2.86. The maximum absolute atomic E-state index is 9.15. The molecule has 2 aliphatic heterocycles. The van der Waals surface area contributed by atoms with Crippen LogP contribution in [0.15, 0.2) is 18.2 Å². The lowest BCUT2D eigenvalue weighted by atomic mass is 9.91. The largest absolute Gasteiger partial charge is 0.489 e. The summed E-state index contributed by atoms with van der Waals surface area (Å²) in [5, 5.41) is 9.15. The van der Waals surface area contributed by atoms with E-state index in [0.717, 1.165) is 25.9 Å². The van der Waals surface area contributed by atoms with E-state index in [-0.39, 0.29) is 11.7 Å². The van der Waals surface area contributed by atoms with Gasteiger partial charge in [0.25, 0.3) is 0 Å². The molecule has 2 atom stereocenters. The molecule has 5 nitrogen and oxygen atoms in total. The van der Waals surface area contributed by atoms with Crippen LogP contribution in [0, 0.1) is 11.3 Å². The molecule has 106 valence electrons. The van der Waals surface area contributed by atoms with Gasteiger partial charge < -0.3 is 19.9 Å². The van der Waals surface area contributed by atoms with E-state index >= 15 is 0 Å². The Morgan fingerprint density at radius 1 is 1.40 bits per heavy atom. The number of hydrogen-bond donors (Lipinski definition) is 1. The van der Waals surface area contributed by atoms with E-state index in [4.69, 9.17) is 25.2 Å². The zero-order valence-corrected chi connectivity index (χ0v) is 11.3. The van der Waals surface area contributed by atoms with Crippen molar-refractivity contribution in [1.82, 2.24) is 0 Å². The van der Waals surface area contributed by atoms with E-state index in [2.05, 4.69) is 6.07 Å². The van der Waals surface area contributed by atoms with Crippen molar-refractivity contribution in [2.24, 2.45) is 0 Å². The lowest BCUT2D eigenvalue weighted by Gasteiger charge is -2.37. The van der Waals surface area contributed by atoms with Crippen molar-refractivity contribution in [3.63, 3.8) is 0 Å². The highest BCUT2D eigenvalue weighted by atomic mass is 16.6.